The summed E-state index contributed by atoms with van der Waals surface area (Å²) in [5, 5.41) is 5.01. The van der Waals surface area contributed by atoms with Crippen LogP contribution in [0.5, 0.6) is 0 Å². The van der Waals surface area contributed by atoms with E-state index >= 15 is 0 Å². The largest absolute Gasteiger partial charge is 0.369 e. The summed E-state index contributed by atoms with van der Waals surface area (Å²) in [7, 11) is -0.236. The fourth-order valence-corrected chi connectivity index (χ4v) is 7.85. The molecule has 3 aromatic rings. The van der Waals surface area contributed by atoms with Gasteiger partial charge in [0, 0.05) is 23.0 Å². The van der Waals surface area contributed by atoms with Crippen LogP contribution in [0.15, 0.2) is 47.5 Å². The van der Waals surface area contributed by atoms with E-state index in [9.17, 15) is 8.42 Å². The van der Waals surface area contributed by atoms with E-state index in [1.165, 1.54) is 18.4 Å². The van der Waals surface area contributed by atoms with Crippen molar-refractivity contribution in [3.05, 3.63) is 63.6 Å². The summed E-state index contributed by atoms with van der Waals surface area (Å²) in [6, 6.07) is 10.3. The molecule has 1 aromatic carbocycles. The van der Waals surface area contributed by atoms with Crippen molar-refractivity contribution in [3.63, 3.8) is 0 Å². The van der Waals surface area contributed by atoms with Crippen LogP contribution in [0, 0.1) is 6.92 Å². The summed E-state index contributed by atoms with van der Waals surface area (Å²) in [6.45, 7) is 3.74. The first-order valence-corrected chi connectivity index (χ1v) is 13.7. The second-order valence-corrected chi connectivity index (χ2v) is 12.6. The topological polar surface area (TPSA) is 101 Å². The first-order valence-electron chi connectivity index (χ1n) is 10.9. The Balaban J connectivity index is 1.72. The SMILES string of the molecule is CNC1(c2cc3ccc(C)nc3cc2-c2cc(Cl)c([C@]3(C)CS(=O)(=O)N(C)C(N)=N3)s2)C=CC1. The number of hydrogen-bond acceptors (Lipinski definition) is 7. The summed E-state index contributed by atoms with van der Waals surface area (Å²) in [6.07, 6.45) is 5.19. The van der Waals surface area contributed by atoms with Crippen LogP contribution in [0.1, 0.15) is 29.5 Å². The van der Waals surface area contributed by atoms with Gasteiger partial charge < -0.3 is 11.1 Å². The lowest BCUT2D eigenvalue weighted by atomic mass is 9.76. The fourth-order valence-electron chi connectivity index (χ4n) is 4.65. The Morgan fingerprint density at radius 1 is 1.26 bits per heavy atom. The Kier molecular flexibility index (Phi) is 5.33. The molecule has 10 heteroatoms. The summed E-state index contributed by atoms with van der Waals surface area (Å²) in [4.78, 5) is 10.9. The molecule has 2 aliphatic rings. The number of rotatable bonds is 4. The van der Waals surface area contributed by atoms with E-state index in [1.807, 2.05) is 26.1 Å². The molecule has 3 heterocycles. The Labute approximate surface area is 208 Å². The van der Waals surface area contributed by atoms with Crippen LogP contribution in [-0.2, 0) is 21.1 Å². The molecule has 0 amide bonds. The van der Waals surface area contributed by atoms with Crippen molar-refractivity contribution in [2.45, 2.75) is 31.3 Å². The third-order valence-electron chi connectivity index (χ3n) is 6.74. The number of nitrogens with zero attached hydrogens (tertiary/aromatic N) is 3. The molecule has 1 aliphatic heterocycles. The second-order valence-electron chi connectivity index (χ2n) is 9.13. The van der Waals surface area contributed by atoms with Gasteiger partial charge in [-0.3, -0.25) is 4.98 Å². The molecule has 7 nitrogen and oxygen atoms in total. The van der Waals surface area contributed by atoms with Gasteiger partial charge in [-0.1, -0.05) is 29.8 Å². The van der Waals surface area contributed by atoms with E-state index in [2.05, 4.69) is 40.7 Å². The van der Waals surface area contributed by atoms with Gasteiger partial charge in [-0.05, 0) is 62.7 Å². The predicted molar refractivity (Wildman–Crippen MR) is 140 cm³/mol. The van der Waals surface area contributed by atoms with Crippen LogP contribution in [0.25, 0.3) is 21.3 Å². The standard InChI is InChI=1S/C24H26ClN5O2S2/c1-14-6-7-15-10-17(24(27-3)8-5-9-24)16(11-19(15)28-14)20-12-18(25)21(33-20)23(2)13-34(31,32)30(4)22(26)29-23/h5-8,10-12,27H,9,13H2,1-4H3,(H2,26,29)/t23-,24?/m0/s1. The van der Waals surface area contributed by atoms with Gasteiger partial charge in [-0.2, -0.15) is 0 Å². The highest BCUT2D eigenvalue weighted by atomic mass is 35.5. The minimum Gasteiger partial charge on any atom is -0.369 e. The van der Waals surface area contributed by atoms with Crippen molar-refractivity contribution >= 4 is 49.8 Å². The van der Waals surface area contributed by atoms with Gasteiger partial charge >= 0.3 is 0 Å². The zero-order chi connectivity index (χ0) is 24.5. The van der Waals surface area contributed by atoms with E-state index < -0.39 is 15.6 Å². The van der Waals surface area contributed by atoms with Crippen molar-refractivity contribution in [1.82, 2.24) is 14.6 Å². The minimum atomic E-state index is -3.61. The van der Waals surface area contributed by atoms with Crippen LogP contribution in [0.2, 0.25) is 5.02 Å². The zero-order valence-corrected chi connectivity index (χ0v) is 21.8. The van der Waals surface area contributed by atoms with Crippen LogP contribution < -0.4 is 11.1 Å². The number of halogens is 1. The quantitative estimate of drug-likeness (QED) is 0.509. The minimum absolute atomic E-state index is 0.0421. The van der Waals surface area contributed by atoms with E-state index in [4.69, 9.17) is 22.3 Å². The Hall–Kier alpha value is -2.46. The number of nitrogens with one attached hydrogen (secondary N) is 1. The number of thiophene rings is 1. The lowest BCUT2D eigenvalue weighted by Crippen LogP contribution is -2.50. The van der Waals surface area contributed by atoms with Crippen molar-refractivity contribution < 1.29 is 8.42 Å². The summed E-state index contributed by atoms with van der Waals surface area (Å²) >= 11 is 8.19. The maximum Gasteiger partial charge on any atom is 0.239 e. The van der Waals surface area contributed by atoms with Crippen molar-refractivity contribution in [2.24, 2.45) is 10.7 Å². The molecule has 1 unspecified atom stereocenters. The Morgan fingerprint density at radius 3 is 2.62 bits per heavy atom. The maximum absolute atomic E-state index is 12.7. The fraction of sp³-hybridized carbons (Fsp3) is 0.333. The van der Waals surface area contributed by atoms with Gasteiger partial charge in [0.05, 0.1) is 26.7 Å². The van der Waals surface area contributed by atoms with Crippen molar-refractivity contribution in [1.29, 1.82) is 0 Å². The van der Waals surface area contributed by atoms with Crippen LogP contribution in [0.3, 0.4) is 0 Å². The molecule has 0 saturated carbocycles. The number of hydrogen-bond donors (Lipinski definition) is 2. The molecule has 178 valence electrons. The second kappa shape index (κ2) is 7.78. The predicted octanol–water partition coefficient (Wildman–Crippen LogP) is 4.10. The van der Waals surface area contributed by atoms with Gasteiger partial charge in [0.2, 0.25) is 16.0 Å². The highest BCUT2D eigenvalue weighted by molar-refractivity contribution is 7.89. The molecular weight excluding hydrogens is 490 g/mol. The van der Waals surface area contributed by atoms with E-state index in [0.29, 0.717) is 9.90 Å². The Morgan fingerprint density at radius 2 is 2.00 bits per heavy atom. The van der Waals surface area contributed by atoms with Gasteiger partial charge in [0.25, 0.3) is 0 Å². The zero-order valence-electron chi connectivity index (χ0n) is 19.4. The highest BCUT2D eigenvalue weighted by Gasteiger charge is 2.43. The Bertz CT molecular complexity index is 1500. The van der Waals surface area contributed by atoms with Crippen LogP contribution >= 0.6 is 22.9 Å². The number of benzene rings is 1. The molecule has 0 saturated heterocycles. The number of sulfonamides is 1. The molecule has 3 N–H and O–H groups in total. The number of aryl methyl sites for hydroxylation is 1. The highest BCUT2D eigenvalue weighted by Crippen LogP contribution is 2.48. The summed E-state index contributed by atoms with van der Waals surface area (Å²) in [5.41, 5.74) is 8.60. The van der Waals surface area contributed by atoms with Gasteiger partial charge in [0.1, 0.15) is 5.54 Å². The molecule has 5 rings (SSSR count). The monoisotopic (exact) mass is 515 g/mol. The van der Waals surface area contributed by atoms with Crippen molar-refractivity contribution in [2.75, 3.05) is 19.8 Å². The van der Waals surface area contributed by atoms with Crippen LogP contribution in [0.4, 0.5) is 0 Å². The van der Waals surface area contributed by atoms with Crippen LogP contribution in [-0.4, -0.2) is 43.5 Å². The first kappa shape index (κ1) is 23.3. The molecule has 0 radical (unpaired) electrons. The number of pyridine rings is 1. The number of fused-ring (bicyclic) bond motifs is 1. The smallest absolute Gasteiger partial charge is 0.239 e. The number of aromatic nitrogens is 1. The summed E-state index contributed by atoms with van der Waals surface area (Å²) in [5.74, 6) is -0.245. The molecule has 0 bridgehead atoms. The normalized spacial score (nSPS) is 25.9. The van der Waals surface area contributed by atoms with Gasteiger partial charge in [-0.25, -0.2) is 17.7 Å². The molecule has 34 heavy (non-hydrogen) atoms. The molecule has 1 aliphatic carbocycles. The van der Waals surface area contributed by atoms with Gasteiger partial charge in [-0.15, -0.1) is 11.3 Å². The third kappa shape index (κ3) is 3.53. The molecule has 0 spiro atoms. The molecule has 2 atom stereocenters. The number of likely N-dealkylation sites (N-methyl/N-ethyl adjacent to an activating group) is 1. The maximum atomic E-state index is 12.7. The summed E-state index contributed by atoms with van der Waals surface area (Å²) < 4.78 is 26.5. The molecular formula is C24H26ClN5O2S2. The van der Waals surface area contributed by atoms with E-state index in [0.717, 1.165) is 43.3 Å². The van der Waals surface area contributed by atoms with Gasteiger partial charge in [0.15, 0.2) is 0 Å². The number of aliphatic imine (C=N–C) groups is 1. The average Bonchev–Trinajstić information content (AvgIpc) is 3.13. The number of guanidine groups is 1. The van der Waals surface area contributed by atoms with E-state index in [1.54, 1.807) is 6.92 Å². The first-order chi connectivity index (χ1) is 16.0. The third-order valence-corrected chi connectivity index (χ3v) is 10.5. The lowest BCUT2D eigenvalue weighted by molar-refractivity contribution is 0.425. The average molecular weight is 516 g/mol. The molecule has 0 fully saturated rings. The molecule has 2 aromatic heterocycles. The van der Waals surface area contributed by atoms with E-state index in [-0.39, 0.29) is 17.3 Å². The lowest BCUT2D eigenvalue weighted by Gasteiger charge is -2.37. The van der Waals surface area contributed by atoms with Crippen molar-refractivity contribution in [3.8, 4) is 10.4 Å². The number of nitrogens with two attached hydrogens (primary N) is 1.